The quantitative estimate of drug-likeness (QED) is 0.162. The highest BCUT2D eigenvalue weighted by atomic mass is 15.2. The predicted octanol–water partition coefficient (Wildman–Crippen LogP) is 8.78. The second-order valence-electron chi connectivity index (χ2n) is 10.5. The summed E-state index contributed by atoms with van der Waals surface area (Å²) in [5.74, 6) is 0.145. The molecule has 0 saturated heterocycles. The molecule has 0 spiro atoms. The van der Waals surface area contributed by atoms with E-state index in [1.807, 2.05) is 41.1 Å². The first-order chi connectivity index (χ1) is 21.3. The van der Waals surface area contributed by atoms with Gasteiger partial charge in [-0.15, -0.1) is 0 Å². The molecule has 0 aliphatic rings. The first kappa shape index (κ1) is 24.8. The summed E-state index contributed by atoms with van der Waals surface area (Å²) in [5, 5.41) is 12.7. The van der Waals surface area contributed by atoms with E-state index in [1.54, 1.807) is 0 Å². The molecule has 0 atom stereocenters. The van der Waals surface area contributed by atoms with Crippen molar-refractivity contribution in [1.29, 1.82) is 5.41 Å². The smallest absolute Gasteiger partial charge is 0.229 e. The van der Waals surface area contributed by atoms with Crippen molar-refractivity contribution in [2.75, 3.05) is 0 Å². The number of hydrogen-bond acceptors (Lipinski definition) is 1. The van der Waals surface area contributed by atoms with E-state index in [1.165, 1.54) is 0 Å². The van der Waals surface area contributed by atoms with Gasteiger partial charge in [-0.05, 0) is 59.2 Å². The highest BCUT2D eigenvalue weighted by molar-refractivity contribution is 6.21. The number of para-hydroxylation sites is 2. The number of pyridine rings is 1. The molecular weight excluding hydrogens is 526 g/mol. The Bertz CT molecular complexity index is 2360. The van der Waals surface area contributed by atoms with Gasteiger partial charge >= 0.3 is 0 Å². The lowest BCUT2D eigenvalue weighted by Crippen LogP contribution is -2.17. The average molecular weight is 554 g/mol. The van der Waals surface area contributed by atoms with Crippen molar-refractivity contribution in [2.24, 2.45) is 4.99 Å². The van der Waals surface area contributed by atoms with Gasteiger partial charge in [-0.1, -0.05) is 97.1 Å². The minimum absolute atomic E-state index is 0.145. The summed E-state index contributed by atoms with van der Waals surface area (Å²) in [5.41, 5.74) is 8.99. The molecule has 204 valence electrons. The van der Waals surface area contributed by atoms with Crippen LogP contribution in [-0.2, 0) is 0 Å². The second kappa shape index (κ2) is 10.2. The molecule has 8 aromatic rings. The Morgan fingerprint density at radius 1 is 0.558 bits per heavy atom. The van der Waals surface area contributed by atoms with Crippen molar-refractivity contribution in [2.45, 2.75) is 0 Å². The van der Waals surface area contributed by atoms with Gasteiger partial charge in [0.25, 0.3) is 0 Å². The van der Waals surface area contributed by atoms with Gasteiger partial charge in [-0.2, -0.15) is 4.99 Å². The van der Waals surface area contributed by atoms with E-state index in [4.69, 9.17) is 4.99 Å². The van der Waals surface area contributed by atoms with E-state index < -0.39 is 0 Å². The minimum Gasteiger partial charge on any atom is -0.346 e. The normalized spacial score (nSPS) is 12.0. The van der Waals surface area contributed by atoms with Gasteiger partial charge in [-0.25, -0.2) is 0 Å². The van der Waals surface area contributed by atoms with Gasteiger partial charge in [-0.3, -0.25) is 9.98 Å². The van der Waals surface area contributed by atoms with Gasteiger partial charge in [0.2, 0.25) is 5.96 Å². The van der Waals surface area contributed by atoms with E-state index in [2.05, 4.69) is 125 Å². The molecule has 0 aliphatic heterocycles. The van der Waals surface area contributed by atoms with Gasteiger partial charge in [0.15, 0.2) is 0 Å². The van der Waals surface area contributed by atoms with Crippen LogP contribution in [0, 0.1) is 5.41 Å². The van der Waals surface area contributed by atoms with Gasteiger partial charge in [0, 0.05) is 39.8 Å². The van der Waals surface area contributed by atoms with Crippen molar-refractivity contribution in [3.8, 4) is 27.9 Å². The lowest BCUT2D eigenvalue weighted by atomic mass is 9.95. The van der Waals surface area contributed by atoms with Crippen LogP contribution in [0.4, 0.5) is 0 Å². The van der Waals surface area contributed by atoms with Crippen LogP contribution in [0.5, 0.6) is 0 Å². The Balaban J connectivity index is 1.36. The van der Waals surface area contributed by atoms with E-state index >= 15 is 0 Å². The zero-order valence-electron chi connectivity index (χ0n) is 23.3. The molecule has 0 aliphatic carbocycles. The number of H-pyrrole nitrogens is 1. The fraction of sp³-hybridized carbons (Fsp3) is 0. The van der Waals surface area contributed by atoms with E-state index in [0.29, 0.717) is 5.49 Å². The maximum absolute atomic E-state index is 9.44. The van der Waals surface area contributed by atoms with E-state index in [-0.39, 0.29) is 5.96 Å². The summed E-state index contributed by atoms with van der Waals surface area (Å²) in [4.78, 5) is 8.31. The van der Waals surface area contributed by atoms with Crippen molar-refractivity contribution in [3.63, 3.8) is 0 Å². The number of hydrogen-bond donors (Lipinski definition) is 2. The number of benzene rings is 5. The van der Waals surface area contributed by atoms with Crippen LogP contribution in [0.25, 0.3) is 60.6 Å². The molecule has 0 fully saturated rings. The third-order valence-corrected chi connectivity index (χ3v) is 8.10. The highest BCUT2D eigenvalue weighted by Gasteiger charge is 2.18. The summed E-state index contributed by atoms with van der Waals surface area (Å²) < 4.78 is 4.18. The van der Waals surface area contributed by atoms with Gasteiger partial charge in [0.05, 0.1) is 16.6 Å². The Morgan fingerprint density at radius 3 is 2.09 bits per heavy atom. The van der Waals surface area contributed by atoms with Crippen LogP contribution in [0.2, 0.25) is 0 Å². The van der Waals surface area contributed by atoms with Crippen LogP contribution in [0.1, 0.15) is 0 Å². The minimum atomic E-state index is 0.145. The fourth-order valence-electron chi connectivity index (χ4n) is 6.19. The van der Waals surface area contributed by atoms with Crippen LogP contribution in [0.15, 0.2) is 157 Å². The van der Waals surface area contributed by atoms with Crippen molar-refractivity contribution in [3.05, 3.63) is 157 Å². The maximum atomic E-state index is 9.44. The molecule has 0 saturated carbocycles. The lowest BCUT2D eigenvalue weighted by Gasteiger charge is -2.11. The van der Waals surface area contributed by atoms with E-state index in [9.17, 15) is 5.41 Å². The zero-order valence-corrected chi connectivity index (χ0v) is 23.3. The molecule has 3 aromatic heterocycles. The Hall–Kier alpha value is -5.94. The molecule has 0 amide bonds. The van der Waals surface area contributed by atoms with Gasteiger partial charge in [0.1, 0.15) is 5.49 Å². The summed E-state index contributed by atoms with van der Waals surface area (Å²) in [7, 11) is 0. The number of rotatable bonds is 3. The molecule has 5 aromatic carbocycles. The molecular formula is C38H27N5. The summed E-state index contributed by atoms with van der Waals surface area (Å²) in [6, 6.07) is 47.9. The zero-order chi connectivity index (χ0) is 28.8. The van der Waals surface area contributed by atoms with Crippen LogP contribution in [0.3, 0.4) is 0 Å². The van der Waals surface area contributed by atoms with Crippen molar-refractivity contribution >= 4 is 38.7 Å². The number of aromatic nitrogens is 3. The number of aromatic amines is 1. The third-order valence-electron chi connectivity index (χ3n) is 8.10. The summed E-state index contributed by atoms with van der Waals surface area (Å²) in [6.07, 6.45) is 3.97. The number of fused-ring (bicyclic) bond motifs is 5. The Labute approximate surface area is 248 Å². The number of nitrogens with one attached hydrogen (secondary N) is 2. The van der Waals surface area contributed by atoms with Gasteiger partial charge < -0.3 is 9.55 Å². The standard InChI is InChI=1S/C38H27N5/c39-38(41-37-32(19-11-24-40-37)29-17-8-7-16-28(29)26-12-3-1-4-13-26)43-35-20-10-9-18-30(35)31-21-22-34-33(36(31)43)23-25-42(34)27-14-5-2-6-15-27/h1-25H,(H2,39,40,41). The average Bonchev–Trinajstić information content (AvgIpc) is 3.65. The fourth-order valence-corrected chi connectivity index (χ4v) is 6.19. The lowest BCUT2D eigenvalue weighted by molar-refractivity contribution is 1.10. The molecule has 5 heteroatoms. The third kappa shape index (κ3) is 4.10. The molecule has 0 radical (unpaired) electrons. The summed E-state index contributed by atoms with van der Waals surface area (Å²) in [6.45, 7) is 0. The molecule has 0 unspecified atom stereocenters. The van der Waals surface area contributed by atoms with Crippen LogP contribution < -0.4 is 5.49 Å². The monoisotopic (exact) mass is 553 g/mol. The SMILES string of the molecule is N=C(/N=c1\[nH]cccc1-c1ccccc1-c1ccccc1)n1c2ccccc2c2ccc3c(ccn3-c3ccccc3)c21. The molecule has 3 heterocycles. The number of nitrogens with zero attached hydrogens (tertiary/aromatic N) is 3. The summed E-state index contributed by atoms with van der Waals surface area (Å²) >= 11 is 0. The first-order valence-corrected chi connectivity index (χ1v) is 14.3. The molecule has 0 bridgehead atoms. The molecule has 2 N–H and O–H groups in total. The maximum Gasteiger partial charge on any atom is 0.229 e. The highest BCUT2D eigenvalue weighted by Crippen LogP contribution is 2.36. The molecule has 5 nitrogen and oxygen atoms in total. The van der Waals surface area contributed by atoms with Crippen LogP contribution >= 0.6 is 0 Å². The largest absolute Gasteiger partial charge is 0.346 e. The van der Waals surface area contributed by atoms with Crippen molar-refractivity contribution < 1.29 is 0 Å². The van der Waals surface area contributed by atoms with E-state index in [0.717, 1.165) is 60.6 Å². The topological polar surface area (TPSA) is 61.9 Å². The first-order valence-electron chi connectivity index (χ1n) is 14.3. The molecule has 8 rings (SSSR count). The second-order valence-corrected chi connectivity index (χ2v) is 10.5. The predicted molar refractivity (Wildman–Crippen MR) is 177 cm³/mol. The Kier molecular flexibility index (Phi) is 5.86. The molecule has 43 heavy (non-hydrogen) atoms. The van der Waals surface area contributed by atoms with Crippen molar-refractivity contribution in [1.82, 2.24) is 14.1 Å². The van der Waals surface area contributed by atoms with Crippen LogP contribution in [-0.4, -0.2) is 20.1 Å². The Morgan fingerprint density at radius 2 is 1.26 bits per heavy atom.